The molecule has 2 rings (SSSR count). The van der Waals surface area contributed by atoms with Crippen LogP contribution in [-0.2, 0) is 10.0 Å². The average Bonchev–Trinajstić information content (AvgIpc) is 2.80. The van der Waals surface area contributed by atoms with E-state index in [0.717, 1.165) is 11.9 Å². The molecule has 0 saturated heterocycles. The Hall–Kier alpha value is -1.53. The number of fused-ring (bicyclic) bond motifs is 1. The molecule has 0 aliphatic rings. The summed E-state index contributed by atoms with van der Waals surface area (Å²) in [5, 5.41) is 0.634. The third-order valence-corrected chi connectivity index (χ3v) is 5.55. The SMILES string of the molecule is CCC(C)N(C)S(=O)(=O)c1c[nH]c2ccc(N)cc12. The predicted molar refractivity (Wildman–Crippen MR) is 77.4 cm³/mol. The van der Waals surface area contributed by atoms with Gasteiger partial charge in [0.15, 0.2) is 0 Å². The van der Waals surface area contributed by atoms with Crippen molar-refractivity contribution < 1.29 is 8.42 Å². The minimum absolute atomic E-state index is 0.0454. The molecule has 0 aliphatic carbocycles. The van der Waals surface area contributed by atoms with E-state index in [4.69, 9.17) is 5.73 Å². The number of benzene rings is 1. The van der Waals surface area contributed by atoms with Gasteiger partial charge in [-0.15, -0.1) is 0 Å². The van der Waals surface area contributed by atoms with Crippen molar-refractivity contribution in [1.82, 2.24) is 9.29 Å². The van der Waals surface area contributed by atoms with Crippen molar-refractivity contribution in [3.8, 4) is 0 Å². The van der Waals surface area contributed by atoms with Gasteiger partial charge in [-0.25, -0.2) is 8.42 Å². The molecule has 0 bridgehead atoms. The molecule has 1 atom stereocenters. The summed E-state index contributed by atoms with van der Waals surface area (Å²) in [7, 11) is -1.90. The molecule has 104 valence electrons. The molecule has 1 aromatic heterocycles. The fourth-order valence-electron chi connectivity index (χ4n) is 1.98. The van der Waals surface area contributed by atoms with Crippen LogP contribution in [0.25, 0.3) is 10.9 Å². The summed E-state index contributed by atoms with van der Waals surface area (Å²) in [4.78, 5) is 3.25. The molecule has 6 heteroatoms. The Kier molecular flexibility index (Phi) is 3.56. The van der Waals surface area contributed by atoms with Crippen LogP contribution in [0.5, 0.6) is 0 Å². The highest BCUT2D eigenvalue weighted by atomic mass is 32.2. The number of H-pyrrole nitrogens is 1. The first-order chi connectivity index (χ1) is 8.87. The number of sulfonamides is 1. The van der Waals surface area contributed by atoms with Gasteiger partial charge in [-0.3, -0.25) is 0 Å². The molecule has 2 aromatic rings. The van der Waals surface area contributed by atoms with Gasteiger partial charge in [-0.2, -0.15) is 4.31 Å². The van der Waals surface area contributed by atoms with Crippen molar-refractivity contribution >= 4 is 26.6 Å². The largest absolute Gasteiger partial charge is 0.399 e. The molecule has 0 spiro atoms. The highest BCUT2D eigenvalue weighted by Gasteiger charge is 2.27. The molecule has 0 radical (unpaired) electrons. The zero-order chi connectivity index (χ0) is 14.2. The van der Waals surface area contributed by atoms with Gasteiger partial charge in [0.05, 0.1) is 0 Å². The molecule has 0 aliphatic heterocycles. The van der Waals surface area contributed by atoms with Crippen LogP contribution in [0.1, 0.15) is 20.3 Å². The molecular formula is C13H19N3O2S. The van der Waals surface area contributed by atoms with E-state index in [1.807, 2.05) is 13.8 Å². The number of rotatable bonds is 4. The maximum atomic E-state index is 12.6. The van der Waals surface area contributed by atoms with Crippen LogP contribution in [-0.4, -0.2) is 30.8 Å². The Labute approximate surface area is 113 Å². The molecule has 19 heavy (non-hydrogen) atoms. The highest BCUT2D eigenvalue weighted by Crippen LogP contribution is 2.27. The highest BCUT2D eigenvalue weighted by molar-refractivity contribution is 7.89. The Morgan fingerprint density at radius 1 is 1.42 bits per heavy atom. The zero-order valence-corrected chi connectivity index (χ0v) is 12.2. The molecule has 1 unspecified atom stereocenters. The molecular weight excluding hydrogens is 262 g/mol. The fourth-order valence-corrected chi connectivity index (χ4v) is 3.56. The minimum Gasteiger partial charge on any atom is -0.399 e. The van der Waals surface area contributed by atoms with Crippen LogP contribution in [0.15, 0.2) is 29.3 Å². The van der Waals surface area contributed by atoms with Crippen LogP contribution < -0.4 is 5.73 Å². The first kappa shape index (κ1) is 13.9. The molecule has 0 amide bonds. The van der Waals surface area contributed by atoms with Crippen LogP contribution in [0.4, 0.5) is 5.69 Å². The van der Waals surface area contributed by atoms with E-state index in [1.54, 1.807) is 25.2 Å². The number of nitrogen functional groups attached to an aromatic ring is 1. The van der Waals surface area contributed by atoms with Crippen molar-refractivity contribution in [2.45, 2.75) is 31.2 Å². The maximum absolute atomic E-state index is 12.6. The predicted octanol–water partition coefficient (Wildman–Crippen LogP) is 2.17. The van der Waals surface area contributed by atoms with Crippen molar-refractivity contribution in [2.75, 3.05) is 12.8 Å². The Bertz CT molecular complexity index is 691. The van der Waals surface area contributed by atoms with E-state index >= 15 is 0 Å². The summed E-state index contributed by atoms with van der Waals surface area (Å²) in [6.45, 7) is 3.85. The summed E-state index contributed by atoms with van der Waals surface area (Å²) >= 11 is 0. The lowest BCUT2D eigenvalue weighted by Crippen LogP contribution is -2.34. The summed E-state index contributed by atoms with van der Waals surface area (Å²) in [5.41, 5.74) is 7.05. The molecule has 1 aromatic carbocycles. The second-order valence-corrected chi connectivity index (χ2v) is 6.70. The number of anilines is 1. The fraction of sp³-hybridized carbons (Fsp3) is 0.385. The maximum Gasteiger partial charge on any atom is 0.245 e. The second-order valence-electron chi connectivity index (χ2n) is 4.74. The van der Waals surface area contributed by atoms with Crippen LogP contribution in [0.3, 0.4) is 0 Å². The van der Waals surface area contributed by atoms with Gasteiger partial charge in [-0.1, -0.05) is 6.92 Å². The third-order valence-electron chi connectivity index (χ3n) is 3.54. The summed E-state index contributed by atoms with van der Waals surface area (Å²) in [6.07, 6.45) is 2.29. The number of nitrogens with zero attached hydrogens (tertiary/aromatic N) is 1. The zero-order valence-electron chi connectivity index (χ0n) is 11.3. The van der Waals surface area contributed by atoms with E-state index in [2.05, 4.69) is 4.98 Å². The average molecular weight is 281 g/mol. The lowest BCUT2D eigenvalue weighted by Gasteiger charge is -2.22. The van der Waals surface area contributed by atoms with E-state index in [-0.39, 0.29) is 10.9 Å². The number of aromatic amines is 1. The van der Waals surface area contributed by atoms with E-state index in [9.17, 15) is 8.42 Å². The van der Waals surface area contributed by atoms with Gasteiger partial charge in [0.1, 0.15) is 4.90 Å². The smallest absolute Gasteiger partial charge is 0.245 e. The normalized spacial score (nSPS) is 14.1. The minimum atomic E-state index is -3.50. The molecule has 0 fully saturated rings. The van der Waals surface area contributed by atoms with Crippen LogP contribution in [0, 0.1) is 0 Å². The van der Waals surface area contributed by atoms with Crippen LogP contribution in [0.2, 0.25) is 0 Å². The lowest BCUT2D eigenvalue weighted by molar-refractivity contribution is 0.381. The summed E-state index contributed by atoms with van der Waals surface area (Å²) in [6, 6.07) is 5.17. The Morgan fingerprint density at radius 2 is 2.11 bits per heavy atom. The number of aromatic nitrogens is 1. The van der Waals surface area contributed by atoms with Gasteiger partial charge < -0.3 is 10.7 Å². The number of nitrogens with two attached hydrogens (primary N) is 1. The summed E-state index contributed by atoms with van der Waals surface area (Å²) < 4.78 is 26.6. The topological polar surface area (TPSA) is 79.2 Å². The van der Waals surface area contributed by atoms with Crippen molar-refractivity contribution in [3.05, 3.63) is 24.4 Å². The van der Waals surface area contributed by atoms with Crippen molar-refractivity contribution in [1.29, 1.82) is 0 Å². The van der Waals surface area contributed by atoms with Gasteiger partial charge in [-0.05, 0) is 31.5 Å². The second kappa shape index (κ2) is 4.86. The van der Waals surface area contributed by atoms with Gasteiger partial charge in [0.25, 0.3) is 0 Å². The monoisotopic (exact) mass is 281 g/mol. The molecule has 1 heterocycles. The first-order valence-electron chi connectivity index (χ1n) is 6.22. The molecule has 5 nitrogen and oxygen atoms in total. The van der Waals surface area contributed by atoms with Crippen LogP contribution >= 0.6 is 0 Å². The lowest BCUT2D eigenvalue weighted by atomic mass is 10.2. The summed E-state index contributed by atoms with van der Waals surface area (Å²) in [5.74, 6) is 0. The van der Waals surface area contributed by atoms with Gasteiger partial charge in [0.2, 0.25) is 10.0 Å². The third kappa shape index (κ3) is 2.33. The Morgan fingerprint density at radius 3 is 2.74 bits per heavy atom. The van der Waals surface area contributed by atoms with Gasteiger partial charge >= 0.3 is 0 Å². The number of hydrogen-bond donors (Lipinski definition) is 2. The van der Waals surface area contributed by atoms with Crippen molar-refractivity contribution in [3.63, 3.8) is 0 Å². The molecule has 3 N–H and O–H groups in total. The van der Waals surface area contributed by atoms with E-state index in [1.165, 1.54) is 10.5 Å². The molecule has 0 saturated carbocycles. The number of hydrogen-bond acceptors (Lipinski definition) is 3. The first-order valence-corrected chi connectivity index (χ1v) is 7.66. The number of nitrogens with one attached hydrogen (secondary N) is 1. The standard InChI is InChI=1S/C13H19N3O2S/c1-4-9(2)16(3)19(17,18)13-8-15-12-6-5-10(14)7-11(12)13/h5-9,15H,4,14H2,1-3H3. The van der Waals surface area contributed by atoms with Gasteiger partial charge in [0, 0.05) is 35.9 Å². The van der Waals surface area contributed by atoms with E-state index < -0.39 is 10.0 Å². The van der Waals surface area contributed by atoms with E-state index in [0.29, 0.717) is 11.1 Å². The van der Waals surface area contributed by atoms with Crippen molar-refractivity contribution in [2.24, 2.45) is 0 Å². The Balaban J connectivity index is 2.58. The quantitative estimate of drug-likeness (QED) is 0.843.